The van der Waals surface area contributed by atoms with Gasteiger partial charge in [-0.05, 0) is 31.4 Å². The summed E-state index contributed by atoms with van der Waals surface area (Å²) in [4.78, 5) is 34.1. The van der Waals surface area contributed by atoms with Crippen molar-refractivity contribution in [2.45, 2.75) is 25.8 Å². The topological polar surface area (TPSA) is 67.7 Å². The number of aromatic nitrogens is 2. The summed E-state index contributed by atoms with van der Waals surface area (Å²) in [7, 11) is 1.75. The van der Waals surface area contributed by atoms with Gasteiger partial charge < -0.3 is 19.1 Å². The van der Waals surface area contributed by atoms with Gasteiger partial charge in [-0.25, -0.2) is 4.98 Å². The molecule has 1 aromatic heterocycles. The van der Waals surface area contributed by atoms with E-state index in [2.05, 4.69) is 4.98 Å². The summed E-state index contributed by atoms with van der Waals surface area (Å²) >= 11 is 0. The first kappa shape index (κ1) is 17.7. The average Bonchev–Trinajstić information content (AvgIpc) is 3.13. The Labute approximate surface area is 158 Å². The van der Waals surface area contributed by atoms with Crippen LogP contribution in [0.25, 0.3) is 0 Å². The first-order valence-electron chi connectivity index (χ1n) is 9.46. The van der Waals surface area contributed by atoms with Crippen molar-refractivity contribution in [3.05, 3.63) is 47.5 Å². The van der Waals surface area contributed by atoms with Crippen LogP contribution in [0.15, 0.2) is 30.3 Å². The number of rotatable bonds is 3. The third kappa shape index (κ3) is 3.35. The van der Waals surface area contributed by atoms with E-state index in [0.29, 0.717) is 37.8 Å². The van der Waals surface area contributed by atoms with Gasteiger partial charge in [0, 0.05) is 32.4 Å². The molecular weight excluding hydrogens is 344 g/mol. The normalized spacial score (nSPS) is 16.7. The molecule has 0 unspecified atom stereocenters. The number of amides is 2. The Kier molecular flexibility index (Phi) is 4.94. The molecule has 0 bridgehead atoms. The van der Waals surface area contributed by atoms with Crippen LogP contribution in [-0.2, 0) is 17.7 Å². The third-order valence-corrected chi connectivity index (χ3v) is 5.26. The second kappa shape index (κ2) is 7.52. The van der Waals surface area contributed by atoms with Crippen LogP contribution in [-0.4, -0.2) is 59.6 Å². The fraction of sp³-hybridized carbons (Fsp3) is 0.450. The van der Waals surface area contributed by atoms with Gasteiger partial charge in [-0.15, -0.1) is 0 Å². The van der Waals surface area contributed by atoms with Crippen molar-refractivity contribution in [3.8, 4) is 0 Å². The zero-order chi connectivity index (χ0) is 18.8. The maximum absolute atomic E-state index is 13.1. The van der Waals surface area contributed by atoms with Crippen LogP contribution < -0.4 is 4.90 Å². The summed E-state index contributed by atoms with van der Waals surface area (Å²) in [5.74, 6) is 0.104. The second-order valence-corrected chi connectivity index (χ2v) is 6.94. The molecule has 7 nitrogen and oxygen atoms in total. The molecule has 2 amide bonds. The van der Waals surface area contributed by atoms with E-state index in [-0.39, 0.29) is 11.8 Å². The quantitative estimate of drug-likeness (QED) is 0.831. The summed E-state index contributed by atoms with van der Waals surface area (Å²) < 4.78 is 7.29. The Morgan fingerprint density at radius 2 is 1.81 bits per heavy atom. The molecule has 4 rings (SSSR count). The summed E-state index contributed by atoms with van der Waals surface area (Å²) in [6.07, 6.45) is 2.77. The van der Waals surface area contributed by atoms with E-state index >= 15 is 0 Å². The smallest absolute Gasteiger partial charge is 0.290 e. The van der Waals surface area contributed by atoms with Crippen LogP contribution in [0.2, 0.25) is 0 Å². The van der Waals surface area contributed by atoms with Crippen molar-refractivity contribution < 1.29 is 14.3 Å². The predicted molar refractivity (Wildman–Crippen MR) is 101 cm³/mol. The SMILES string of the molecule is CN(C(=O)c1nc(C(=O)N2CCOCC2)n2c1CCCC2)c1ccccc1. The lowest BCUT2D eigenvalue weighted by atomic mass is 10.1. The van der Waals surface area contributed by atoms with Crippen molar-refractivity contribution in [1.29, 1.82) is 0 Å². The minimum atomic E-state index is -0.173. The van der Waals surface area contributed by atoms with Crippen LogP contribution in [0, 0.1) is 0 Å². The first-order valence-corrected chi connectivity index (χ1v) is 9.46. The molecule has 7 heteroatoms. The minimum Gasteiger partial charge on any atom is -0.378 e. The number of ether oxygens (including phenoxy) is 1. The molecule has 2 aliphatic heterocycles. The Hall–Kier alpha value is -2.67. The second-order valence-electron chi connectivity index (χ2n) is 6.94. The fourth-order valence-corrected chi connectivity index (χ4v) is 3.71. The highest BCUT2D eigenvalue weighted by molar-refractivity contribution is 6.06. The van der Waals surface area contributed by atoms with E-state index in [1.165, 1.54) is 0 Å². The van der Waals surface area contributed by atoms with Crippen molar-refractivity contribution in [2.75, 3.05) is 38.3 Å². The van der Waals surface area contributed by atoms with E-state index in [0.717, 1.165) is 37.2 Å². The van der Waals surface area contributed by atoms with Crippen LogP contribution in [0.5, 0.6) is 0 Å². The molecule has 2 aliphatic rings. The molecule has 142 valence electrons. The molecule has 0 N–H and O–H groups in total. The number of nitrogens with zero attached hydrogens (tertiary/aromatic N) is 4. The lowest BCUT2D eigenvalue weighted by Crippen LogP contribution is -2.42. The zero-order valence-electron chi connectivity index (χ0n) is 15.6. The number of hydrogen-bond donors (Lipinski definition) is 0. The van der Waals surface area contributed by atoms with Crippen molar-refractivity contribution in [3.63, 3.8) is 0 Å². The predicted octanol–water partition coefficient (Wildman–Crippen LogP) is 1.97. The van der Waals surface area contributed by atoms with E-state index in [9.17, 15) is 9.59 Å². The Morgan fingerprint density at radius 1 is 1.07 bits per heavy atom. The maximum Gasteiger partial charge on any atom is 0.290 e. The number of benzene rings is 1. The standard InChI is InChI=1S/C20H24N4O3/c1-22(15-7-3-2-4-8-15)19(25)17-16-9-5-6-10-24(16)18(21-17)20(26)23-11-13-27-14-12-23/h2-4,7-8H,5-6,9-14H2,1H3. The minimum absolute atomic E-state index is 0.108. The van der Waals surface area contributed by atoms with Crippen LogP contribution in [0.4, 0.5) is 5.69 Å². The lowest BCUT2D eigenvalue weighted by Gasteiger charge is -2.27. The molecule has 0 spiro atoms. The van der Waals surface area contributed by atoms with Gasteiger partial charge in [-0.3, -0.25) is 9.59 Å². The molecule has 1 fully saturated rings. The Bertz CT molecular complexity index is 840. The van der Waals surface area contributed by atoms with E-state index in [4.69, 9.17) is 4.74 Å². The van der Waals surface area contributed by atoms with Crippen molar-refractivity contribution in [2.24, 2.45) is 0 Å². The highest BCUT2D eigenvalue weighted by atomic mass is 16.5. The molecule has 3 heterocycles. The highest BCUT2D eigenvalue weighted by Crippen LogP contribution is 2.24. The number of anilines is 1. The zero-order valence-corrected chi connectivity index (χ0v) is 15.6. The van der Waals surface area contributed by atoms with Gasteiger partial charge in [-0.2, -0.15) is 0 Å². The largest absolute Gasteiger partial charge is 0.378 e. The number of para-hydroxylation sites is 1. The van der Waals surface area contributed by atoms with Crippen molar-refractivity contribution in [1.82, 2.24) is 14.5 Å². The monoisotopic (exact) mass is 368 g/mol. The Balaban J connectivity index is 1.68. The van der Waals surface area contributed by atoms with E-state index in [1.54, 1.807) is 16.8 Å². The third-order valence-electron chi connectivity index (χ3n) is 5.26. The highest BCUT2D eigenvalue weighted by Gasteiger charge is 2.31. The van der Waals surface area contributed by atoms with Crippen LogP contribution in [0.3, 0.4) is 0 Å². The molecule has 1 saturated heterocycles. The number of imidazole rings is 1. The summed E-state index contributed by atoms with van der Waals surface area (Å²) in [5, 5.41) is 0. The van der Waals surface area contributed by atoms with Gasteiger partial charge in [0.1, 0.15) is 0 Å². The Morgan fingerprint density at radius 3 is 2.56 bits per heavy atom. The summed E-state index contributed by atoms with van der Waals surface area (Å²) in [5.41, 5.74) is 2.09. The van der Waals surface area contributed by atoms with Crippen LogP contribution >= 0.6 is 0 Å². The number of carbonyl (C=O) groups excluding carboxylic acids is 2. The average molecular weight is 368 g/mol. The lowest BCUT2D eigenvalue weighted by molar-refractivity contribution is 0.0291. The number of carbonyl (C=O) groups is 2. The summed E-state index contributed by atoms with van der Waals surface area (Å²) in [6.45, 7) is 2.95. The van der Waals surface area contributed by atoms with Gasteiger partial charge >= 0.3 is 0 Å². The van der Waals surface area contributed by atoms with Gasteiger partial charge in [0.2, 0.25) is 0 Å². The van der Waals surface area contributed by atoms with Gasteiger partial charge in [0.15, 0.2) is 11.5 Å². The van der Waals surface area contributed by atoms with Gasteiger partial charge in [0.25, 0.3) is 11.8 Å². The molecule has 0 atom stereocenters. The number of fused-ring (bicyclic) bond motifs is 1. The van der Waals surface area contributed by atoms with E-state index in [1.807, 2.05) is 34.9 Å². The van der Waals surface area contributed by atoms with Crippen LogP contribution in [0.1, 0.15) is 39.6 Å². The van der Waals surface area contributed by atoms with Gasteiger partial charge in [-0.1, -0.05) is 18.2 Å². The maximum atomic E-state index is 13.1. The molecule has 27 heavy (non-hydrogen) atoms. The van der Waals surface area contributed by atoms with Crippen molar-refractivity contribution >= 4 is 17.5 Å². The van der Waals surface area contributed by atoms with Gasteiger partial charge in [0.05, 0.1) is 18.9 Å². The summed E-state index contributed by atoms with van der Waals surface area (Å²) in [6, 6.07) is 9.49. The molecule has 2 aromatic rings. The first-order chi connectivity index (χ1) is 13.2. The molecular formula is C20H24N4O3. The fourth-order valence-electron chi connectivity index (χ4n) is 3.71. The number of hydrogen-bond acceptors (Lipinski definition) is 4. The molecule has 0 saturated carbocycles. The number of morpholine rings is 1. The molecule has 0 aliphatic carbocycles. The molecule has 0 radical (unpaired) electrons. The van der Waals surface area contributed by atoms with E-state index < -0.39 is 0 Å². The molecule has 1 aromatic carbocycles.